The van der Waals surface area contributed by atoms with Crippen LogP contribution in [0.1, 0.15) is 22.3 Å². The molecule has 0 aliphatic heterocycles. The van der Waals surface area contributed by atoms with Crippen molar-refractivity contribution in [2.45, 2.75) is 13.8 Å². The van der Waals surface area contributed by atoms with Crippen LogP contribution in [0.4, 0.5) is 17.1 Å². The van der Waals surface area contributed by atoms with Gasteiger partial charge in [0, 0.05) is 17.1 Å². The Kier molecular flexibility index (Phi) is 5.78. The highest BCUT2D eigenvalue weighted by atomic mass is 15.1. The van der Waals surface area contributed by atoms with Crippen LogP contribution in [0, 0.1) is 13.8 Å². The second kappa shape index (κ2) is 9.18. The molecule has 5 rings (SSSR count). The lowest BCUT2D eigenvalue weighted by molar-refractivity contribution is 1.27. The summed E-state index contributed by atoms with van der Waals surface area (Å²) in [5, 5.41) is 2.54. The second-order valence-electron chi connectivity index (χ2n) is 8.50. The number of rotatable bonds is 5. The number of hydrogen-bond acceptors (Lipinski definition) is 1. The van der Waals surface area contributed by atoms with Crippen LogP contribution in [0.2, 0.25) is 0 Å². The van der Waals surface area contributed by atoms with Crippen LogP contribution in [-0.4, -0.2) is 0 Å². The Bertz CT molecular complexity index is 1340. The van der Waals surface area contributed by atoms with Gasteiger partial charge >= 0.3 is 0 Å². The first-order chi connectivity index (χ1) is 16.2. The summed E-state index contributed by atoms with van der Waals surface area (Å²) in [5.41, 5.74) is 8.39. The Hall–Kier alpha value is -4.10. The predicted molar refractivity (Wildman–Crippen MR) is 143 cm³/mol. The van der Waals surface area contributed by atoms with Gasteiger partial charge in [0.25, 0.3) is 0 Å². The van der Waals surface area contributed by atoms with E-state index in [9.17, 15) is 0 Å². The molecule has 1 heteroatoms. The van der Waals surface area contributed by atoms with E-state index in [1.807, 2.05) is 0 Å². The fourth-order valence-electron chi connectivity index (χ4n) is 4.15. The highest BCUT2D eigenvalue weighted by Gasteiger charge is 2.12. The summed E-state index contributed by atoms with van der Waals surface area (Å²) in [7, 11) is 0. The molecule has 0 unspecified atom stereocenters. The number of fused-ring (bicyclic) bond motifs is 1. The van der Waals surface area contributed by atoms with Crippen LogP contribution in [0.5, 0.6) is 0 Å². The van der Waals surface area contributed by atoms with Gasteiger partial charge in [0.1, 0.15) is 0 Å². The molecule has 0 heterocycles. The number of anilines is 3. The largest absolute Gasteiger partial charge is 0.311 e. The van der Waals surface area contributed by atoms with E-state index in [4.69, 9.17) is 0 Å². The van der Waals surface area contributed by atoms with Crippen LogP contribution in [0.25, 0.3) is 22.9 Å². The normalized spacial score (nSPS) is 11.2. The van der Waals surface area contributed by atoms with Gasteiger partial charge < -0.3 is 4.90 Å². The second-order valence-corrected chi connectivity index (χ2v) is 8.50. The van der Waals surface area contributed by atoms with Gasteiger partial charge in [0.05, 0.1) is 0 Å². The van der Waals surface area contributed by atoms with E-state index in [-0.39, 0.29) is 0 Å². The van der Waals surface area contributed by atoms with Crippen LogP contribution in [-0.2, 0) is 0 Å². The maximum absolute atomic E-state index is 2.30. The molecule has 160 valence electrons. The molecule has 5 aromatic rings. The molecular weight excluding hydrogens is 398 g/mol. The Morgan fingerprint density at radius 3 is 1.61 bits per heavy atom. The van der Waals surface area contributed by atoms with Gasteiger partial charge in [-0.05, 0) is 72.1 Å². The third-order valence-electron chi connectivity index (χ3n) is 6.01. The molecule has 0 saturated carbocycles. The molecule has 33 heavy (non-hydrogen) atoms. The molecule has 0 atom stereocenters. The van der Waals surface area contributed by atoms with Crippen molar-refractivity contribution in [1.29, 1.82) is 0 Å². The van der Waals surface area contributed by atoms with E-state index in [1.165, 1.54) is 33.0 Å². The van der Waals surface area contributed by atoms with Crippen molar-refractivity contribution >= 4 is 40.0 Å². The molecule has 0 aliphatic rings. The minimum absolute atomic E-state index is 1.14. The molecular formula is C32H27N. The van der Waals surface area contributed by atoms with Crippen molar-refractivity contribution in [3.8, 4) is 0 Å². The Morgan fingerprint density at radius 1 is 0.485 bits per heavy atom. The highest BCUT2D eigenvalue weighted by Crippen LogP contribution is 2.35. The molecule has 0 aliphatic carbocycles. The van der Waals surface area contributed by atoms with Crippen LogP contribution in [0.3, 0.4) is 0 Å². The van der Waals surface area contributed by atoms with Gasteiger partial charge in [0.15, 0.2) is 0 Å². The lowest BCUT2D eigenvalue weighted by atomic mass is 10.0. The third-order valence-corrected chi connectivity index (χ3v) is 6.01. The molecule has 0 spiro atoms. The number of nitrogens with zero attached hydrogens (tertiary/aromatic N) is 1. The fourth-order valence-corrected chi connectivity index (χ4v) is 4.15. The maximum Gasteiger partial charge on any atom is 0.0462 e. The van der Waals surface area contributed by atoms with Gasteiger partial charge in [-0.3, -0.25) is 0 Å². The number of hydrogen-bond donors (Lipinski definition) is 0. The third kappa shape index (κ3) is 4.58. The van der Waals surface area contributed by atoms with E-state index >= 15 is 0 Å². The van der Waals surface area contributed by atoms with Crippen LogP contribution in [0.15, 0.2) is 115 Å². The van der Waals surface area contributed by atoms with Crippen molar-refractivity contribution in [2.75, 3.05) is 4.90 Å². The van der Waals surface area contributed by atoms with Crippen LogP contribution < -0.4 is 4.90 Å². The quantitative estimate of drug-likeness (QED) is 0.254. The molecule has 0 aromatic heterocycles. The molecule has 0 fully saturated rings. The van der Waals surface area contributed by atoms with Gasteiger partial charge in [-0.15, -0.1) is 0 Å². The average Bonchev–Trinajstić information content (AvgIpc) is 2.86. The monoisotopic (exact) mass is 425 g/mol. The van der Waals surface area contributed by atoms with Gasteiger partial charge in [-0.2, -0.15) is 0 Å². The lowest BCUT2D eigenvalue weighted by Crippen LogP contribution is -2.09. The molecule has 0 amide bonds. The van der Waals surface area contributed by atoms with E-state index in [0.717, 1.165) is 17.1 Å². The first-order valence-electron chi connectivity index (χ1n) is 11.4. The smallest absolute Gasteiger partial charge is 0.0462 e. The SMILES string of the molecule is Cc1ccc(N(c2ccc(C)cc2)c2ccc(/C=C/c3cccc4ccccc34)cc2)cc1. The van der Waals surface area contributed by atoms with Gasteiger partial charge in [-0.25, -0.2) is 0 Å². The summed E-state index contributed by atoms with van der Waals surface area (Å²) in [5.74, 6) is 0. The predicted octanol–water partition coefficient (Wildman–Crippen LogP) is 9.10. The van der Waals surface area contributed by atoms with E-state index in [1.54, 1.807) is 0 Å². The molecule has 0 saturated heterocycles. The van der Waals surface area contributed by atoms with Gasteiger partial charge in [-0.1, -0.05) is 102 Å². The van der Waals surface area contributed by atoms with Crippen molar-refractivity contribution in [3.63, 3.8) is 0 Å². The first-order valence-corrected chi connectivity index (χ1v) is 11.4. The van der Waals surface area contributed by atoms with Crippen molar-refractivity contribution < 1.29 is 0 Å². The number of benzene rings is 5. The lowest BCUT2D eigenvalue weighted by Gasteiger charge is -2.25. The van der Waals surface area contributed by atoms with Crippen LogP contribution >= 0.6 is 0 Å². The highest BCUT2D eigenvalue weighted by molar-refractivity contribution is 5.92. The van der Waals surface area contributed by atoms with Gasteiger partial charge in [0.2, 0.25) is 0 Å². The maximum atomic E-state index is 2.30. The Balaban J connectivity index is 1.47. The zero-order valence-corrected chi connectivity index (χ0v) is 19.1. The minimum atomic E-state index is 1.14. The molecule has 0 radical (unpaired) electrons. The van der Waals surface area contributed by atoms with E-state index in [2.05, 4.69) is 146 Å². The van der Waals surface area contributed by atoms with E-state index in [0.29, 0.717) is 0 Å². The fraction of sp³-hybridized carbons (Fsp3) is 0.0625. The summed E-state index contributed by atoms with van der Waals surface area (Å²) >= 11 is 0. The summed E-state index contributed by atoms with van der Waals surface area (Å²) < 4.78 is 0. The Labute approximate surface area is 196 Å². The van der Waals surface area contributed by atoms with E-state index < -0.39 is 0 Å². The summed E-state index contributed by atoms with van der Waals surface area (Å²) in [6, 6.07) is 41.1. The van der Waals surface area contributed by atoms with Crippen molar-refractivity contribution in [2.24, 2.45) is 0 Å². The zero-order chi connectivity index (χ0) is 22.6. The summed E-state index contributed by atoms with van der Waals surface area (Å²) in [6.45, 7) is 4.24. The number of aryl methyl sites for hydroxylation is 2. The molecule has 0 N–H and O–H groups in total. The topological polar surface area (TPSA) is 3.24 Å². The standard InChI is InChI=1S/C32H27N/c1-24-10-18-29(19-11-24)33(30-20-12-25(2)13-21-30)31-22-15-26(16-23-31)14-17-28-8-5-7-27-6-3-4-9-32(27)28/h3-23H,1-2H3/b17-14+. The molecule has 5 aromatic carbocycles. The average molecular weight is 426 g/mol. The van der Waals surface area contributed by atoms with Crippen molar-refractivity contribution in [3.05, 3.63) is 138 Å². The molecule has 1 nitrogen and oxygen atoms in total. The first kappa shape index (κ1) is 20.8. The zero-order valence-electron chi connectivity index (χ0n) is 19.1. The summed E-state index contributed by atoms with van der Waals surface area (Å²) in [6.07, 6.45) is 4.39. The summed E-state index contributed by atoms with van der Waals surface area (Å²) in [4.78, 5) is 2.30. The minimum Gasteiger partial charge on any atom is -0.311 e. The Morgan fingerprint density at radius 2 is 1.00 bits per heavy atom. The van der Waals surface area contributed by atoms with Crippen molar-refractivity contribution in [1.82, 2.24) is 0 Å². The molecule has 0 bridgehead atoms.